The molecular weight excluding hydrogens is 432 g/mol. The highest BCUT2D eigenvalue weighted by Crippen LogP contribution is 2.25. The molecule has 1 saturated heterocycles. The number of carbonyl (C=O) groups is 2. The molecule has 0 aliphatic carbocycles. The van der Waals surface area contributed by atoms with Gasteiger partial charge in [-0.2, -0.15) is 0 Å². The van der Waals surface area contributed by atoms with E-state index in [-0.39, 0.29) is 12.1 Å². The first-order chi connectivity index (χ1) is 16.0. The van der Waals surface area contributed by atoms with Crippen molar-refractivity contribution in [1.29, 1.82) is 0 Å². The highest BCUT2D eigenvalue weighted by atomic mass is 16.6. The third-order valence-electron chi connectivity index (χ3n) is 5.40. The van der Waals surface area contributed by atoms with Crippen LogP contribution in [0.15, 0.2) is 36.5 Å². The lowest BCUT2D eigenvalue weighted by atomic mass is 10.0. The predicted octanol–water partition coefficient (Wildman–Crippen LogP) is 3.80. The number of nitrogens with two attached hydrogens (primary N) is 1. The number of hydrogen-bond acceptors (Lipinski definition) is 7. The summed E-state index contributed by atoms with van der Waals surface area (Å²) in [6.45, 7) is 7.60. The topological polar surface area (TPSA) is 113 Å². The Kier molecular flexibility index (Phi) is 7.98. The molecule has 1 fully saturated rings. The summed E-state index contributed by atoms with van der Waals surface area (Å²) in [5.41, 5.74) is 8.15. The summed E-state index contributed by atoms with van der Waals surface area (Å²) in [5, 5.41) is 6.72. The fraction of sp³-hybridized carbons (Fsp3) is 0.480. The lowest BCUT2D eigenvalue weighted by Crippen LogP contribution is -2.44. The summed E-state index contributed by atoms with van der Waals surface area (Å²) in [6, 6.07) is 10.0. The van der Waals surface area contributed by atoms with Gasteiger partial charge in [-0.05, 0) is 65.4 Å². The molecule has 2 amide bonds. The highest BCUT2D eigenvalue weighted by Gasteiger charge is 2.27. The second kappa shape index (κ2) is 10.7. The first-order valence-corrected chi connectivity index (χ1v) is 11.5. The van der Waals surface area contributed by atoms with Crippen molar-refractivity contribution in [2.75, 3.05) is 37.8 Å². The van der Waals surface area contributed by atoms with Gasteiger partial charge < -0.3 is 30.9 Å². The molecule has 0 saturated carbocycles. The van der Waals surface area contributed by atoms with Crippen LogP contribution in [0.2, 0.25) is 0 Å². The molecule has 0 unspecified atom stereocenters. The molecular formula is C25H36N6O3. The zero-order valence-electron chi connectivity index (χ0n) is 20.7. The van der Waals surface area contributed by atoms with Gasteiger partial charge in [-0.25, -0.2) is 9.78 Å². The van der Waals surface area contributed by atoms with Gasteiger partial charge in [0.2, 0.25) is 0 Å². The summed E-state index contributed by atoms with van der Waals surface area (Å²) < 4.78 is 5.47. The fourth-order valence-electron chi connectivity index (χ4n) is 3.80. The molecule has 0 atom stereocenters. The zero-order chi connectivity index (χ0) is 24.9. The van der Waals surface area contributed by atoms with Crippen LogP contribution in [0.1, 0.15) is 49.5 Å². The predicted molar refractivity (Wildman–Crippen MR) is 134 cm³/mol. The van der Waals surface area contributed by atoms with Crippen molar-refractivity contribution in [2.24, 2.45) is 5.73 Å². The molecule has 2 heterocycles. The number of piperidine rings is 1. The van der Waals surface area contributed by atoms with Crippen molar-refractivity contribution >= 4 is 29.2 Å². The number of aromatic nitrogens is 1. The molecule has 0 bridgehead atoms. The molecule has 4 N–H and O–H groups in total. The maximum Gasteiger partial charge on any atom is 0.410 e. The summed E-state index contributed by atoms with van der Waals surface area (Å²) in [6.07, 6.45) is 2.66. The zero-order valence-corrected chi connectivity index (χ0v) is 20.7. The average Bonchev–Trinajstić information content (AvgIpc) is 2.74. The van der Waals surface area contributed by atoms with Crippen molar-refractivity contribution in [3.8, 4) is 0 Å². The van der Waals surface area contributed by atoms with Crippen LogP contribution in [-0.4, -0.2) is 65.6 Å². The maximum absolute atomic E-state index is 12.3. The standard InChI is InChI=1S/C25H36N6O3/c1-25(2,3)34-24(33)31-12-10-19(11-13-31)28-21-14-22(27-15-20(21)23(26)32)29-18-8-6-17(7-9-18)16-30(4)5/h6-9,14-15,19H,10-13,16H2,1-5H3,(H2,26,32)(H2,27,28,29). The summed E-state index contributed by atoms with van der Waals surface area (Å²) in [5.74, 6) is 0.0693. The van der Waals surface area contributed by atoms with Gasteiger partial charge in [0.15, 0.2) is 0 Å². The van der Waals surface area contributed by atoms with Crippen LogP contribution < -0.4 is 16.4 Å². The van der Waals surface area contributed by atoms with Crippen molar-refractivity contribution < 1.29 is 14.3 Å². The molecule has 1 aliphatic rings. The van der Waals surface area contributed by atoms with E-state index in [2.05, 4.69) is 32.7 Å². The lowest BCUT2D eigenvalue weighted by Gasteiger charge is -2.34. The largest absolute Gasteiger partial charge is 0.444 e. The Labute approximate surface area is 201 Å². The molecule has 1 aliphatic heterocycles. The Morgan fingerprint density at radius 2 is 1.82 bits per heavy atom. The molecule has 3 rings (SSSR count). The average molecular weight is 469 g/mol. The first kappa shape index (κ1) is 25.3. The monoisotopic (exact) mass is 468 g/mol. The molecule has 0 radical (unpaired) electrons. The number of benzene rings is 1. The second-order valence-electron chi connectivity index (χ2n) is 9.93. The van der Waals surface area contributed by atoms with E-state index in [9.17, 15) is 9.59 Å². The number of ether oxygens (including phenoxy) is 1. The van der Waals surface area contributed by atoms with Gasteiger partial charge in [0.25, 0.3) is 5.91 Å². The quantitative estimate of drug-likeness (QED) is 0.566. The molecule has 1 aromatic heterocycles. The van der Waals surface area contributed by atoms with E-state index in [1.54, 1.807) is 11.0 Å². The van der Waals surface area contributed by atoms with Gasteiger partial charge in [0.05, 0.1) is 11.3 Å². The first-order valence-electron chi connectivity index (χ1n) is 11.5. The molecule has 34 heavy (non-hydrogen) atoms. The molecule has 9 nitrogen and oxygen atoms in total. The lowest BCUT2D eigenvalue weighted by molar-refractivity contribution is 0.0210. The number of rotatable bonds is 7. The van der Waals surface area contributed by atoms with Crippen molar-refractivity contribution in [3.63, 3.8) is 0 Å². The van der Waals surface area contributed by atoms with Gasteiger partial charge in [-0.1, -0.05) is 12.1 Å². The Balaban J connectivity index is 1.65. The smallest absolute Gasteiger partial charge is 0.410 e. The van der Waals surface area contributed by atoms with Crippen LogP contribution in [0.25, 0.3) is 0 Å². The van der Waals surface area contributed by atoms with Crippen LogP contribution >= 0.6 is 0 Å². The number of nitrogens with zero attached hydrogens (tertiary/aromatic N) is 3. The van der Waals surface area contributed by atoms with Crippen LogP contribution in [0.4, 0.5) is 22.0 Å². The van der Waals surface area contributed by atoms with Crippen molar-refractivity contribution in [3.05, 3.63) is 47.7 Å². The third-order valence-corrected chi connectivity index (χ3v) is 5.40. The number of anilines is 3. The number of likely N-dealkylation sites (tertiary alicyclic amines) is 1. The van der Waals surface area contributed by atoms with Crippen molar-refractivity contribution in [2.45, 2.75) is 51.8 Å². The Morgan fingerprint density at radius 1 is 1.18 bits per heavy atom. The number of primary amides is 1. The van der Waals surface area contributed by atoms with Gasteiger partial charge in [0.1, 0.15) is 11.4 Å². The van der Waals surface area contributed by atoms with E-state index in [0.717, 1.165) is 25.1 Å². The van der Waals surface area contributed by atoms with E-state index in [4.69, 9.17) is 10.5 Å². The molecule has 184 valence electrons. The van der Waals surface area contributed by atoms with Crippen LogP contribution in [0.3, 0.4) is 0 Å². The normalized spacial score (nSPS) is 14.7. The van der Waals surface area contributed by atoms with E-state index in [1.165, 1.54) is 11.8 Å². The molecule has 9 heteroatoms. The number of carbonyl (C=O) groups excluding carboxylic acids is 2. The summed E-state index contributed by atoms with van der Waals surface area (Å²) in [7, 11) is 4.07. The second-order valence-corrected chi connectivity index (χ2v) is 9.93. The fourth-order valence-corrected chi connectivity index (χ4v) is 3.80. The minimum absolute atomic E-state index is 0.0948. The van der Waals surface area contributed by atoms with Gasteiger partial charge in [-0.3, -0.25) is 4.79 Å². The maximum atomic E-state index is 12.3. The summed E-state index contributed by atoms with van der Waals surface area (Å²) >= 11 is 0. The van der Waals surface area contributed by atoms with E-state index in [1.807, 2.05) is 47.0 Å². The molecule has 1 aromatic carbocycles. The minimum atomic E-state index is -0.541. The number of amides is 2. The Bertz CT molecular complexity index is 993. The number of hydrogen-bond donors (Lipinski definition) is 3. The summed E-state index contributed by atoms with van der Waals surface area (Å²) in [4.78, 5) is 32.5. The highest BCUT2D eigenvalue weighted by molar-refractivity contribution is 5.98. The minimum Gasteiger partial charge on any atom is -0.444 e. The Morgan fingerprint density at radius 3 is 2.38 bits per heavy atom. The van der Waals surface area contributed by atoms with Gasteiger partial charge >= 0.3 is 6.09 Å². The third kappa shape index (κ3) is 7.34. The van der Waals surface area contributed by atoms with Crippen molar-refractivity contribution in [1.82, 2.24) is 14.8 Å². The van der Waals surface area contributed by atoms with Crippen LogP contribution in [-0.2, 0) is 11.3 Å². The van der Waals surface area contributed by atoms with E-state index in [0.29, 0.717) is 30.2 Å². The number of pyridine rings is 1. The van der Waals surface area contributed by atoms with E-state index < -0.39 is 11.5 Å². The van der Waals surface area contributed by atoms with Gasteiger partial charge in [-0.15, -0.1) is 0 Å². The SMILES string of the molecule is CN(C)Cc1ccc(Nc2cc(NC3CCN(C(=O)OC(C)(C)C)CC3)c(C(N)=O)cn2)cc1. The Hall–Kier alpha value is -3.33. The molecule has 2 aromatic rings. The van der Waals surface area contributed by atoms with Gasteiger partial charge in [0, 0.05) is 43.6 Å². The number of nitrogens with one attached hydrogen (secondary N) is 2. The molecule has 0 spiro atoms. The van der Waals surface area contributed by atoms with E-state index >= 15 is 0 Å². The van der Waals surface area contributed by atoms with Crippen LogP contribution in [0, 0.1) is 0 Å². The van der Waals surface area contributed by atoms with Crippen LogP contribution in [0.5, 0.6) is 0 Å².